The van der Waals surface area contributed by atoms with Gasteiger partial charge in [-0.05, 0) is 25.3 Å². The van der Waals surface area contributed by atoms with Crippen molar-refractivity contribution in [2.24, 2.45) is 0 Å². The Hall–Kier alpha value is -1.25. The molecule has 1 saturated carbocycles. The Balaban J connectivity index is 2.10. The van der Waals surface area contributed by atoms with E-state index in [2.05, 4.69) is 0 Å². The molecule has 0 aromatic carbocycles. The first-order chi connectivity index (χ1) is 5.82. The van der Waals surface area contributed by atoms with Gasteiger partial charge in [-0.3, -0.25) is 9.36 Å². The topological polar surface area (TPSA) is 31.2 Å². The molecule has 62 valence electrons. The van der Waals surface area contributed by atoms with Gasteiger partial charge in [-0.25, -0.2) is 0 Å². The van der Waals surface area contributed by atoms with Gasteiger partial charge in [0, 0.05) is 12.3 Å². The number of carbonyl (C=O) groups is 1. The van der Waals surface area contributed by atoms with Crippen LogP contribution in [0.1, 0.15) is 24.1 Å². The minimum atomic E-state index is -0.462. The highest BCUT2D eigenvalue weighted by molar-refractivity contribution is 5.92. The van der Waals surface area contributed by atoms with Crippen LogP contribution in [-0.4, -0.2) is 16.1 Å². The molecule has 3 heteroatoms. The highest BCUT2D eigenvalue weighted by Crippen LogP contribution is 2.42. The SMILES string of the molecule is O=C1n2cccc2OC12CCC2. The second-order valence-electron chi connectivity index (χ2n) is 3.47. The molecule has 0 unspecified atom stereocenters. The minimum absolute atomic E-state index is 0.119. The predicted octanol–water partition coefficient (Wildman–Crippen LogP) is 1.44. The van der Waals surface area contributed by atoms with E-state index in [0.29, 0.717) is 5.88 Å². The molecular formula is C9H9NO2. The van der Waals surface area contributed by atoms with Crippen molar-refractivity contribution in [3.63, 3.8) is 0 Å². The second kappa shape index (κ2) is 1.73. The Bertz CT molecular complexity index is 349. The maximum atomic E-state index is 11.7. The molecule has 1 fully saturated rings. The van der Waals surface area contributed by atoms with Gasteiger partial charge in [-0.1, -0.05) is 0 Å². The molecular weight excluding hydrogens is 154 g/mol. The summed E-state index contributed by atoms with van der Waals surface area (Å²) in [5, 5.41) is 0. The summed E-state index contributed by atoms with van der Waals surface area (Å²) in [6.07, 6.45) is 4.64. The first kappa shape index (κ1) is 6.29. The van der Waals surface area contributed by atoms with Crippen molar-refractivity contribution in [2.75, 3.05) is 0 Å². The maximum Gasteiger partial charge on any atom is 0.277 e. The zero-order valence-electron chi connectivity index (χ0n) is 6.62. The molecule has 0 N–H and O–H groups in total. The van der Waals surface area contributed by atoms with Crippen LogP contribution in [0.4, 0.5) is 0 Å². The van der Waals surface area contributed by atoms with Crippen molar-refractivity contribution < 1.29 is 9.53 Å². The van der Waals surface area contributed by atoms with E-state index in [4.69, 9.17) is 4.74 Å². The molecule has 1 aliphatic heterocycles. The summed E-state index contributed by atoms with van der Waals surface area (Å²) in [6, 6.07) is 3.67. The van der Waals surface area contributed by atoms with E-state index in [1.807, 2.05) is 12.1 Å². The van der Waals surface area contributed by atoms with Crippen LogP contribution in [0, 0.1) is 0 Å². The molecule has 0 radical (unpaired) electrons. The van der Waals surface area contributed by atoms with Crippen molar-refractivity contribution in [1.29, 1.82) is 0 Å². The van der Waals surface area contributed by atoms with E-state index in [0.717, 1.165) is 19.3 Å². The number of nitrogens with zero attached hydrogens (tertiary/aromatic N) is 1. The van der Waals surface area contributed by atoms with Gasteiger partial charge in [0.05, 0.1) is 0 Å². The number of aromatic nitrogens is 1. The molecule has 2 aliphatic rings. The van der Waals surface area contributed by atoms with Crippen LogP contribution in [-0.2, 0) is 0 Å². The van der Waals surface area contributed by atoms with Gasteiger partial charge >= 0.3 is 0 Å². The summed E-state index contributed by atoms with van der Waals surface area (Å²) < 4.78 is 7.21. The van der Waals surface area contributed by atoms with Gasteiger partial charge < -0.3 is 4.74 Å². The Morgan fingerprint density at radius 2 is 2.33 bits per heavy atom. The van der Waals surface area contributed by atoms with Gasteiger partial charge in [-0.15, -0.1) is 0 Å². The van der Waals surface area contributed by atoms with Gasteiger partial charge in [0.15, 0.2) is 5.60 Å². The van der Waals surface area contributed by atoms with Gasteiger partial charge in [-0.2, -0.15) is 0 Å². The minimum Gasteiger partial charge on any atom is -0.462 e. The standard InChI is InChI=1S/C9H9NO2/c11-8-9(4-2-5-9)12-7-3-1-6-10(7)8/h1,3,6H,2,4-5H2. The van der Waals surface area contributed by atoms with Crippen LogP contribution in [0.15, 0.2) is 18.3 Å². The third kappa shape index (κ3) is 0.521. The van der Waals surface area contributed by atoms with Gasteiger partial charge in [0.25, 0.3) is 5.91 Å². The number of ether oxygens (including phenoxy) is 1. The largest absolute Gasteiger partial charge is 0.462 e. The molecule has 2 heterocycles. The molecule has 3 nitrogen and oxygen atoms in total. The average molecular weight is 163 g/mol. The molecule has 0 amide bonds. The fraction of sp³-hybridized carbons (Fsp3) is 0.444. The monoisotopic (exact) mass is 163 g/mol. The number of rotatable bonds is 0. The Kier molecular flexibility index (Phi) is 0.908. The molecule has 12 heavy (non-hydrogen) atoms. The molecule has 1 spiro atoms. The van der Waals surface area contributed by atoms with Gasteiger partial charge in [0.1, 0.15) is 0 Å². The molecule has 1 aromatic heterocycles. The number of carbonyl (C=O) groups excluding carboxylic acids is 1. The zero-order chi connectivity index (χ0) is 8.18. The van der Waals surface area contributed by atoms with Crippen LogP contribution in [0.2, 0.25) is 0 Å². The summed E-state index contributed by atoms with van der Waals surface area (Å²) in [5.74, 6) is 0.827. The predicted molar refractivity (Wildman–Crippen MR) is 42.3 cm³/mol. The second-order valence-corrected chi connectivity index (χ2v) is 3.47. The highest BCUT2D eigenvalue weighted by Gasteiger charge is 2.52. The highest BCUT2D eigenvalue weighted by atomic mass is 16.5. The van der Waals surface area contributed by atoms with Crippen molar-refractivity contribution in [2.45, 2.75) is 24.9 Å². The lowest BCUT2D eigenvalue weighted by molar-refractivity contribution is 0.0160. The first-order valence-electron chi connectivity index (χ1n) is 4.23. The summed E-state index contributed by atoms with van der Waals surface area (Å²) >= 11 is 0. The number of fused-ring (bicyclic) bond motifs is 1. The average Bonchev–Trinajstić information content (AvgIpc) is 2.49. The molecule has 3 rings (SSSR count). The Morgan fingerprint density at radius 1 is 1.50 bits per heavy atom. The molecule has 1 aromatic rings. The fourth-order valence-electron chi connectivity index (χ4n) is 1.89. The van der Waals surface area contributed by atoms with Crippen molar-refractivity contribution in [1.82, 2.24) is 4.57 Å². The van der Waals surface area contributed by atoms with Crippen molar-refractivity contribution in [3.8, 4) is 5.88 Å². The maximum absolute atomic E-state index is 11.7. The van der Waals surface area contributed by atoms with E-state index in [1.165, 1.54) is 0 Å². The summed E-state index contributed by atoms with van der Waals surface area (Å²) in [4.78, 5) is 11.7. The normalized spacial score (nSPS) is 23.5. The smallest absolute Gasteiger partial charge is 0.277 e. The van der Waals surface area contributed by atoms with Crippen LogP contribution in [0.3, 0.4) is 0 Å². The lowest BCUT2D eigenvalue weighted by atomic mass is 9.80. The molecule has 0 atom stereocenters. The van der Waals surface area contributed by atoms with Crippen molar-refractivity contribution in [3.05, 3.63) is 18.3 Å². The third-order valence-electron chi connectivity index (χ3n) is 2.78. The Labute approximate surface area is 69.9 Å². The lowest BCUT2D eigenvalue weighted by Crippen LogP contribution is -2.47. The number of hydrogen-bond donors (Lipinski definition) is 0. The zero-order valence-corrected chi connectivity index (χ0v) is 6.62. The van der Waals surface area contributed by atoms with E-state index in [-0.39, 0.29) is 5.91 Å². The van der Waals surface area contributed by atoms with Crippen LogP contribution < -0.4 is 4.74 Å². The van der Waals surface area contributed by atoms with E-state index < -0.39 is 5.60 Å². The van der Waals surface area contributed by atoms with Crippen LogP contribution in [0.25, 0.3) is 0 Å². The summed E-state index contributed by atoms with van der Waals surface area (Å²) in [7, 11) is 0. The lowest BCUT2D eigenvalue weighted by Gasteiger charge is -2.34. The van der Waals surface area contributed by atoms with Crippen molar-refractivity contribution >= 4 is 5.91 Å². The third-order valence-corrected chi connectivity index (χ3v) is 2.78. The quantitative estimate of drug-likeness (QED) is 0.579. The first-order valence-corrected chi connectivity index (χ1v) is 4.23. The van der Waals surface area contributed by atoms with Crippen LogP contribution in [0.5, 0.6) is 5.88 Å². The fourth-order valence-corrected chi connectivity index (χ4v) is 1.89. The molecule has 0 bridgehead atoms. The number of hydrogen-bond acceptors (Lipinski definition) is 2. The summed E-state index contributed by atoms with van der Waals surface area (Å²) in [5.41, 5.74) is -0.462. The van der Waals surface area contributed by atoms with E-state index in [1.54, 1.807) is 10.8 Å². The van der Waals surface area contributed by atoms with Gasteiger partial charge in [0.2, 0.25) is 5.88 Å². The molecule has 0 saturated heterocycles. The Morgan fingerprint density at radius 3 is 2.92 bits per heavy atom. The van der Waals surface area contributed by atoms with E-state index >= 15 is 0 Å². The van der Waals surface area contributed by atoms with E-state index in [9.17, 15) is 4.79 Å². The summed E-state index contributed by atoms with van der Waals surface area (Å²) in [6.45, 7) is 0. The molecule has 1 aliphatic carbocycles. The van der Waals surface area contributed by atoms with Crippen LogP contribution >= 0.6 is 0 Å².